The SMILES string of the molecule is CSNC(c1cc2cc(CC(=O)NC(c3ccccc3)c3ccc(C)cc3C)ccc2o1)c1c(C)noc1C. The van der Waals surface area contributed by atoms with Crippen molar-refractivity contribution in [3.05, 3.63) is 123 Å². The van der Waals surface area contributed by atoms with Crippen LogP contribution in [0.3, 0.4) is 0 Å². The van der Waals surface area contributed by atoms with Gasteiger partial charge in [0.1, 0.15) is 23.1 Å². The van der Waals surface area contributed by atoms with Crippen molar-refractivity contribution in [1.82, 2.24) is 15.2 Å². The van der Waals surface area contributed by atoms with Crippen LogP contribution in [0.2, 0.25) is 0 Å². The van der Waals surface area contributed by atoms with Crippen LogP contribution in [0, 0.1) is 27.7 Å². The summed E-state index contributed by atoms with van der Waals surface area (Å²) in [5.41, 5.74) is 8.00. The van der Waals surface area contributed by atoms with Crippen LogP contribution in [0.1, 0.15) is 62.7 Å². The first-order valence-corrected chi connectivity index (χ1v) is 14.2. The van der Waals surface area contributed by atoms with Crippen molar-refractivity contribution in [3.63, 3.8) is 0 Å². The third kappa shape index (κ3) is 5.79. The fourth-order valence-electron chi connectivity index (χ4n) is 5.18. The Kier molecular flexibility index (Phi) is 7.91. The van der Waals surface area contributed by atoms with E-state index in [1.807, 2.05) is 62.6 Å². The standard InChI is InChI=1S/C32H33N3O3S/c1-19-11-13-26(20(2)15-19)31(24-9-7-6-8-10-24)33-29(36)17-23-12-14-27-25(16-23)18-28(37-27)32(35-39-5)30-21(3)34-38-22(30)4/h6-16,18,31-32,35H,17H2,1-5H3,(H,33,36). The van der Waals surface area contributed by atoms with Crippen LogP contribution in [-0.4, -0.2) is 17.3 Å². The van der Waals surface area contributed by atoms with Gasteiger partial charge in [-0.25, -0.2) is 4.72 Å². The lowest BCUT2D eigenvalue weighted by molar-refractivity contribution is -0.120. The maximum atomic E-state index is 13.3. The van der Waals surface area contributed by atoms with E-state index in [0.717, 1.165) is 56.0 Å². The van der Waals surface area contributed by atoms with Crippen LogP contribution >= 0.6 is 11.9 Å². The zero-order valence-corrected chi connectivity index (χ0v) is 23.7. The number of hydrogen-bond acceptors (Lipinski definition) is 6. The summed E-state index contributed by atoms with van der Waals surface area (Å²) in [6.45, 7) is 8.01. The Morgan fingerprint density at radius 2 is 1.74 bits per heavy atom. The van der Waals surface area contributed by atoms with Crippen LogP contribution in [-0.2, 0) is 11.2 Å². The number of aromatic nitrogens is 1. The topological polar surface area (TPSA) is 80.3 Å². The Hall–Kier alpha value is -3.81. The van der Waals surface area contributed by atoms with E-state index in [4.69, 9.17) is 8.94 Å². The first-order chi connectivity index (χ1) is 18.8. The first kappa shape index (κ1) is 26.8. The minimum absolute atomic E-state index is 0.0375. The predicted octanol–water partition coefficient (Wildman–Crippen LogP) is 7.06. The number of benzene rings is 3. The van der Waals surface area contributed by atoms with Crippen molar-refractivity contribution in [2.45, 2.75) is 46.2 Å². The van der Waals surface area contributed by atoms with Gasteiger partial charge >= 0.3 is 0 Å². The maximum Gasteiger partial charge on any atom is 0.225 e. The van der Waals surface area contributed by atoms with Crippen molar-refractivity contribution < 1.29 is 13.7 Å². The van der Waals surface area contributed by atoms with E-state index in [1.165, 1.54) is 17.5 Å². The number of rotatable bonds is 9. The smallest absolute Gasteiger partial charge is 0.225 e. The van der Waals surface area contributed by atoms with E-state index >= 15 is 0 Å². The molecule has 0 aliphatic carbocycles. The summed E-state index contributed by atoms with van der Waals surface area (Å²) in [5, 5.41) is 8.35. The molecule has 0 fully saturated rings. The molecule has 2 unspecified atom stereocenters. The molecule has 0 bridgehead atoms. The number of hydrogen-bond donors (Lipinski definition) is 2. The highest BCUT2D eigenvalue weighted by Crippen LogP contribution is 2.33. The third-order valence-corrected chi connectivity index (χ3v) is 7.51. The van der Waals surface area contributed by atoms with E-state index in [0.29, 0.717) is 0 Å². The highest BCUT2D eigenvalue weighted by molar-refractivity contribution is 7.96. The molecule has 2 N–H and O–H groups in total. The zero-order valence-electron chi connectivity index (χ0n) is 22.9. The lowest BCUT2D eigenvalue weighted by Crippen LogP contribution is -2.31. The lowest BCUT2D eigenvalue weighted by atomic mass is 9.93. The molecule has 0 saturated heterocycles. The molecule has 0 spiro atoms. The third-order valence-electron chi connectivity index (χ3n) is 7.04. The van der Waals surface area contributed by atoms with Gasteiger partial charge in [-0.2, -0.15) is 0 Å². The van der Waals surface area contributed by atoms with Gasteiger partial charge in [-0.05, 0) is 74.4 Å². The molecule has 2 heterocycles. The number of amides is 1. The Balaban J connectivity index is 1.39. The molecule has 3 aromatic carbocycles. The number of carbonyl (C=O) groups excluding carboxylic acids is 1. The monoisotopic (exact) mass is 539 g/mol. The molecule has 0 saturated carbocycles. The van der Waals surface area contributed by atoms with Crippen molar-refractivity contribution in [1.29, 1.82) is 0 Å². The molecule has 2 atom stereocenters. The molecular weight excluding hydrogens is 506 g/mol. The van der Waals surface area contributed by atoms with E-state index in [2.05, 4.69) is 59.4 Å². The van der Waals surface area contributed by atoms with Gasteiger partial charge in [-0.3, -0.25) is 4.79 Å². The Morgan fingerprint density at radius 1 is 0.949 bits per heavy atom. The second-order valence-corrected chi connectivity index (χ2v) is 10.6. The molecule has 5 aromatic rings. The molecule has 1 amide bonds. The van der Waals surface area contributed by atoms with Crippen LogP contribution in [0.5, 0.6) is 0 Å². The second-order valence-electron chi connectivity index (χ2n) is 9.96. The van der Waals surface area contributed by atoms with Gasteiger partial charge in [0, 0.05) is 10.9 Å². The van der Waals surface area contributed by atoms with Gasteiger partial charge < -0.3 is 14.3 Å². The molecule has 7 heteroatoms. The molecule has 5 rings (SSSR count). The minimum atomic E-state index is -0.225. The van der Waals surface area contributed by atoms with E-state index in [-0.39, 0.29) is 24.4 Å². The molecule has 39 heavy (non-hydrogen) atoms. The van der Waals surface area contributed by atoms with Crippen molar-refractivity contribution in [2.75, 3.05) is 6.26 Å². The largest absolute Gasteiger partial charge is 0.459 e. The summed E-state index contributed by atoms with van der Waals surface area (Å²) in [6, 6.07) is 24.0. The van der Waals surface area contributed by atoms with Crippen molar-refractivity contribution in [2.24, 2.45) is 0 Å². The summed E-state index contributed by atoms with van der Waals surface area (Å²) in [6.07, 6.45) is 2.24. The Morgan fingerprint density at radius 3 is 2.44 bits per heavy atom. The lowest BCUT2D eigenvalue weighted by Gasteiger charge is -2.22. The van der Waals surface area contributed by atoms with Crippen molar-refractivity contribution in [3.8, 4) is 0 Å². The summed E-state index contributed by atoms with van der Waals surface area (Å²) in [4.78, 5) is 13.3. The summed E-state index contributed by atoms with van der Waals surface area (Å²) < 4.78 is 15.0. The number of furan rings is 1. The van der Waals surface area contributed by atoms with E-state index in [9.17, 15) is 4.79 Å². The Bertz CT molecular complexity index is 1590. The molecule has 200 valence electrons. The second kappa shape index (κ2) is 11.5. The van der Waals surface area contributed by atoms with Gasteiger partial charge in [0.15, 0.2) is 0 Å². The van der Waals surface area contributed by atoms with Crippen LogP contribution in [0.15, 0.2) is 81.7 Å². The number of nitrogens with zero attached hydrogens (tertiary/aromatic N) is 1. The number of aryl methyl sites for hydroxylation is 4. The molecule has 0 aliphatic heterocycles. The van der Waals surface area contributed by atoms with E-state index in [1.54, 1.807) is 0 Å². The van der Waals surface area contributed by atoms with E-state index < -0.39 is 0 Å². The van der Waals surface area contributed by atoms with Gasteiger partial charge in [0.25, 0.3) is 0 Å². The highest BCUT2D eigenvalue weighted by atomic mass is 32.2. The average molecular weight is 540 g/mol. The maximum absolute atomic E-state index is 13.3. The quantitative estimate of drug-likeness (QED) is 0.195. The average Bonchev–Trinajstić information content (AvgIpc) is 3.49. The summed E-state index contributed by atoms with van der Waals surface area (Å²) in [7, 11) is 0. The predicted molar refractivity (Wildman–Crippen MR) is 157 cm³/mol. The highest BCUT2D eigenvalue weighted by Gasteiger charge is 2.25. The molecule has 6 nitrogen and oxygen atoms in total. The number of nitrogens with one attached hydrogen (secondary N) is 2. The summed E-state index contributed by atoms with van der Waals surface area (Å²) in [5.74, 6) is 1.49. The Labute approximate surface area is 233 Å². The van der Waals surface area contributed by atoms with Crippen LogP contribution in [0.4, 0.5) is 0 Å². The molecule has 2 aromatic heterocycles. The van der Waals surface area contributed by atoms with Crippen LogP contribution in [0.25, 0.3) is 11.0 Å². The van der Waals surface area contributed by atoms with Gasteiger partial charge in [-0.1, -0.05) is 77.3 Å². The van der Waals surface area contributed by atoms with Gasteiger partial charge in [0.05, 0.1) is 18.2 Å². The fourth-order valence-corrected chi connectivity index (χ4v) is 5.65. The minimum Gasteiger partial charge on any atom is -0.459 e. The van der Waals surface area contributed by atoms with Gasteiger partial charge in [0.2, 0.25) is 5.91 Å². The fraction of sp³-hybridized carbons (Fsp3) is 0.250. The number of carbonyl (C=O) groups is 1. The normalized spacial score (nSPS) is 12.9. The summed E-state index contributed by atoms with van der Waals surface area (Å²) >= 11 is 1.51. The molecule has 0 radical (unpaired) electrons. The van der Waals surface area contributed by atoms with Crippen LogP contribution < -0.4 is 10.0 Å². The van der Waals surface area contributed by atoms with Crippen molar-refractivity contribution >= 4 is 28.8 Å². The first-order valence-electron chi connectivity index (χ1n) is 13.0. The number of fused-ring (bicyclic) bond motifs is 1. The molecule has 0 aliphatic rings. The van der Waals surface area contributed by atoms with Gasteiger partial charge in [-0.15, -0.1) is 0 Å². The molecular formula is C32H33N3O3S. The zero-order chi connectivity index (χ0) is 27.5.